The van der Waals surface area contributed by atoms with Crippen molar-refractivity contribution in [1.29, 1.82) is 0 Å². The van der Waals surface area contributed by atoms with Crippen molar-refractivity contribution >= 4 is 5.91 Å². The van der Waals surface area contributed by atoms with E-state index in [1.807, 2.05) is 48.5 Å². The maximum atomic E-state index is 12.2. The Bertz CT molecular complexity index is 874. The highest BCUT2D eigenvalue weighted by Gasteiger charge is 2.05. The number of hydrogen-bond acceptors (Lipinski definition) is 3. The monoisotopic (exact) mass is 319 g/mol. The molecule has 0 radical (unpaired) electrons. The van der Waals surface area contributed by atoms with Crippen molar-refractivity contribution in [2.24, 2.45) is 0 Å². The summed E-state index contributed by atoms with van der Waals surface area (Å²) >= 11 is 0. The van der Waals surface area contributed by atoms with Crippen molar-refractivity contribution in [2.75, 3.05) is 6.54 Å². The molecule has 0 fully saturated rings. The number of carbonyl (C=O) groups excluding carboxylic acids is 1. The number of carbonyl (C=O) groups is 1. The number of nitrogens with one attached hydrogen (secondary N) is 1. The molecule has 0 bridgehead atoms. The van der Waals surface area contributed by atoms with Crippen LogP contribution in [-0.4, -0.2) is 22.0 Å². The first-order valence-corrected chi connectivity index (χ1v) is 7.69. The van der Waals surface area contributed by atoms with Crippen LogP contribution >= 0.6 is 0 Å². The first-order valence-electron chi connectivity index (χ1n) is 7.69. The number of nitrogens with zero attached hydrogens (tertiary/aromatic N) is 2. The van der Waals surface area contributed by atoms with Gasteiger partial charge < -0.3 is 5.32 Å². The molecule has 0 saturated carbocycles. The third kappa shape index (κ3) is 3.76. The van der Waals surface area contributed by atoms with Gasteiger partial charge in [-0.15, -0.1) is 0 Å². The Morgan fingerprint density at radius 2 is 1.67 bits per heavy atom. The summed E-state index contributed by atoms with van der Waals surface area (Å²) in [7, 11) is 0. The van der Waals surface area contributed by atoms with Gasteiger partial charge in [0.1, 0.15) is 0 Å². The number of rotatable bonds is 5. The molecule has 5 heteroatoms. The molecule has 0 aliphatic heterocycles. The van der Waals surface area contributed by atoms with E-state index in [-0.39, 0.29) is 11.5 Å². The van der Waals surface area contributed by atoms with Crippen LogP contribution in [0.2, 0.25) is 0 Å². The number of benzene rings is 2. The lowest BCUT2D eigenvalue weighted by Gasteiger charge is -2.08. The summed E-state index contributed by atoms with van der Waals surface area (Å²) in [5.41, 5.74) is 2.00. The second-order valence-corrected chi connectivity index (χ2v) is 5.29. The number of aromatic nitrogens is 2. The Labute approximate surface area is 139 Å². The zero-order valence-electron chi connectivity index (χ0n) is 13.1. The summed E-state index contributed by atoms with van der Waals surface area (Å²) in [4.78, 5) is 28.4. The van der Waals surface area contributed by atoms with Crippen LogP contribution in [0.5, 0.6) is 0 Å². The quantitative estimate of drug-likeness (QED) is 0.785. The van der Waals surface area contributed by atoms with Crippen LogP contribution in [-0.2, 0) is 6.54 Å². The highest BCUT2D eigenvalue weighted by molar-refractivity contribution is 5.94. The van der Waals surface area contributed by atoms with Gasteiger partial charge in [0.2, 0.25) is 0 Å². The van der Waals surface area contributed by atoms with Gasteiger partial charge >= 0.3 is 0 Å². The fourth-order valence-corrected chi connectivity index (χ4v) is 2.34. The predicted octanol–water partition coefficient (Wildman–Crippen LogP) is 2.34. The summed E-state index contributed by atoms with van der Waals surface area (Å²) in [6.45, 7) is 0.736. The zero-order chi connectivity index (χ0) is 16.8. The van der Waals surface area contributed by atoms with Crippen molar-refractivity contribution in [2.45, 2.75) is 6.54 Å². The maximum Gasteiger partial charge on any atom is 0.253 e. The van der Waals surface area contributed by atoms with E-state index < -0.39 is 0 Å². The highest BCUT2D eigenvalue weighted by atomic mass is 16.1. The van der Waals surface area contributed by atoms with Crippen molar-refractivity contribution in [3.8, 4) is 11.3 Å². The Kier molecular flexibility index (Phi) is 4.81. The SMILES string of the molecule is O=C(NCCn1cnc(-c2ccccc2)cc1=O)c1ccccc1. The van der Waals surface area contributed by atoms with Gasteiger partial charge in [0.25, 0.3) is 11.5 Å². The van der Waals surface area contributed by atoms with Crippen LogP contribution in [0.15, 0.2) is 77.9 Å². The van der Waals surface area contributed by atoms with Gasteiger partial charge in [-0.1, -0.05) is 48.5 Å². The van der Waals surface area contributed by atoms with E-state index in [1.54, 1.807) is 12.1 Å². The lowest BCUT2D eigenvalue weighted by Crippen LogP contribution is -2.30. The van der Waals surface area contributed by atoms with Crippen molar-refractivity contribution in [1.82, 2.24) is 14.9 Å². The van der Waals surface area contributed by atoms with Crippen molar-refractivity contribution < 1.29 is 4.79 Å². The van der Waals surface area contributed by atoms with Crippen LogP contribution in [0.3, 0.4) is 0 Å². The molecule has 5 nitrogen and oxygen atoms in total. The first-order chi connectivity index (χ1) is 11.7. The summed E-state index contributed by atoms with van der Waals surface area (Å²) in [6.07, 6.45) is 1.51. The molecule has 0 spiro atoms. The number of amides is 1. The maximum absolute atomic E-state index is 12.2. The fraction of sp³-hybridized carbons (Fsp3) is 0.105. The number of hydrogen-bond donors (Lipinski definition) is 1. The van der Waals surface area contributed by atoms with Crippen molar-refractivity contribution in [3.63, 3.8) is 0 Å². The molecule has 1 amide bonds. The molecule has 0 unspecified atom stereocenters. The van der Waals surface area contributed by atoms with Crippen molar-refractivity contribution in [3.05, 3.63) is 89.0 Å². The molecule has 3 rings (SSSR count). The van der Waals surface area contributed by atoms with Crippen LogP contribution in [0.4, 0.5) is 0 Å². The van der Waals surface area contributed by atoms with E-state index in [0.717, 1.165) is 5.56 Å². The van der Waals surface area contributed by atoms with E-state index >= 15 is 0 Å². The summed E-state index contributed by atoms with van der Waals surface area (Å²) in [5.74, 6) is -0.155. The Hall–Kier alpha value is -3.21. The molecule has 0 aliphatic rings. The average Bonchev–Trinajstić information content (AvgIpc) is 2.64. The van der Waals surface area contributed by atoms with E-state index in [2.05, 4.69) is 10.3 Å². The van der Waals surface area contributed by atoms with Crippen LogP contribution < -0.4 is 10.9 Å². The normalized spacial score (nSPS) is 10.3. The molecule has 3 aromatic rings. The first kappa shape index (κ1) is 15.7. The summed E-state index contributed by atoms with van der Waals surface area (Å²) in [5, 5.41) is 2.79. The molecular formula is C19H17N3O2. The van der Waals surface area contributed by atoms with E-state index in [4.69, 9.17) is 0 Å². The minimum Gasteiger partial charge on any atom is -0.350 e. The lowest BCUT2D eigenvalue weighted by molar-refractivity contribution is 0.0952. The fourth-order valence-electron chi connectivity index (χ4n) is 2.34. The smallest absolute Gasteiger partial charge is 0.253 e. The third-order valence-corrected chi connectivity index (χ3v) is 3.62. The summed E-state index contributed by atoms with van der Waals surface area (Å²) in [6, 6.07) is 20.0. The highest BCUT2D eigenvalue weighted by Crippen LogP contribution is 2.13. The molecule has 1 heterocycles. The minimum absolute atomic E-state index is 0.141. The molecule has 1 aromatic heterocycles. The van der Waals surface area contributed by atoms with E-state index in [1.165, 1.54) is 17.0 Å². The summed E-state index contributed by atoms with van der Waals surface area (Å²) < 4.78 is 1.48. The third-order valence-electron chi connectivity index (χ3n) is 3.62. The minimum atomic E-state index is -0.155. The predicted molar refractivity (Wildman–Crippen MR) is 92.7 cm³/mol. The zero-order valence-corrected chi connectivity index (χ0v) is 13.1. The van der Waals surface area contributed by atoms with Gasteiger partial charge in [-0.05, 0) is 12.1 Å². The van der Waals surface area contributed by atoms with Gasteiger partial charge in [-0.2, -0.15) is 0 Å². The molecular weight excluding hydrogens is 302 g/mol. The van der Waals surface area contributed by atoms with Gasteiger partial charge in [0, 0.05) is 30.3 Å². The van der Waals surface area contributed by atoms with Crippen LogP contribution in [0.1, 0.15) is 10.4 Å². The molecule has 24 heavy (non-hydrogen) atoms. The molecule has 0 atom stereocenters. The lowest BCUT2D eigenvalue weighted by atomic mass is 10.1. The second kappa shape index (κ2) is 7.37. The van der Waals surface area contributed by atoms with Gasteiger partial charge in [-0.25, -0.2) is 4.98 Å². The Morgan fingerprint density at radius 3 is 2.33 bits per heavy atom. The van der Waals surface area contributed by atoms with Gasteiger partial charge in [0.05, 0.1) is 12.0 Å². The second-order valence-electron chi connectivity index (χ2n) is 5.29. The largest absolute Gasteiger partial charge is 0.350 e. The Balaban J connectivity index is 1.62. The topological polar surface area (TPSA) is 64.0 Å². The van der Waals surface area contributed by atoms with E-state index in [9.17, 15) is 9.59 Å². The molecule has 2 aromatic carbocycles. The standard InChI is InChI=1S/C19H17N3O2/c23-18-13-17(15-7-3-1-4-8-15)21-14-22(18)12-11-20-19(24)16-9-5-2-6-10-16/h1-10,13-14H,11-12H2,(H,20,24). The average molecular weight is 319 g/mol. The molecule has 1 N–H and O–H groups in total. The van der Waals surface area contributed by atoms with Gasteiger partial charge in [-0.3, -0.25) is 14.2 Å². The molecule has 0 saturated heterocycles. The van der Waals surface area contributed by atoms with Gasteiger partial charge in [0.15, 0.2) is 0 Å². The molecule has 0 aliphatic carbocycles. The van der Waals surface area contributed by atoms with E-state index in [0.29, 0.717) is 24.3 Å². The van der Waals surface area contributed by atoms with Crippen LogP contribution in [0.25, 0.3) is 11.3 Å². The molecule has 120 valence electrons. The Morgan fingerprint density at radius 1 is 1.00 bits per heavy atom. The van der Waals surface area contributed by atoms with Crippen LogP contribution in [0, 0.1) is 0 Å².